The van der Waals surface area contributed by atoms with Crippen molar-refractivity contribution in [2.24, 2.45) is 0 Å². The van der Waals surface area contributed by atoms with E-state index in [2.05, 4.69) is 17.4 Å². The molecule has 3 nitrogen and oxygen atoms in total. The predicted octanol–water partition coefficient (Wildman–Crippen LogP) is 3.49. The fourth-order valence-electron chi connectivity index (χ4n) is 2.32. The van der Waals surface area contributed by atoms with Crippen LogP contribution < -0.4 is 10.1 Å². The number of rotatable bonds is 3. The number of aryl methyl sites for hydroxylation is 1. The average molecular weight is 274 g/mol. The molecule has 4 heteroatoms. The van der Waals surface area contributed by atoms with Crippen LogP contribution in [0.5, 0.6) is 5.75 Å². The molecule has 0 radical (unpaired) electrons. The third-order valence-electron chi connectivity index (χ3n) is 3.38. The predicted molar refractivity (Wildman–Crippen MR) is 79.3 cm³/mol. The molecule has 1 N–H and O–H groups in total. The minimum atomic E-state index is 0.903. The molecule has 0 aliphatic carbocycles. The quantitative estimate of drug-likeness (QED) is 0.930. The zero-order valence-electron chi connectivity index (χ0n) is 11.1. The Balaban J connectivity index is 1.75. The summed E-state index contributed by atoms with van der Waals surface area (Å²) in [4.78, 5) is 6.14. The second-order valence-electron chi connectivity index (χ2n) is 4.79. The Morgan fingerprint density at radius 1 is 1.26 bits per heavy atom. The molecule has 0 saturated heterocycles. The summed E-state index contributed by atoms with van der Waals surface area (Å²) in [5.41, 5.74) is 1.28. The summed E-state index contributed by atoms with van der Waals surface area (Å²) in [5.74, 6) is 2.02. The number of hydrogen-bond acceptors (Lipinski definition) is 4. The van der Waals surface area contributed by atoms with E-state index >= 15 is 0 Å². The molecule has 2 aromatic rings. The first-order valence-corrected chi connectivity index (χ1v) is 7.52. The number of thiazole rings is 1. The lowest BCUT2D eigenvalue weighted by atomic mass is 10.1. The van der Waals surface area contributed by atoms with Gasteiger partial charge in [0, 0.05) is 17.8 Å². The van der Waals surface area contributed by atoms with Gasteiger partial charge in [-0.3, -0.25) is 0 Å². The highest BCUT2D eigenvalue weighted by atomic mass is 32.1. The fraction of sp³-hybridized carbons (Fsp3) is 0.400. The minimum absolute atomic E-state index is 0.903. The van der Waals surface area contributed by atoms with Gasteiger partial charge in [0.2, 0.25) is 0 Å². The van der Waals surface area contributed by atoms with Crippen LogP contribution in [-0.4, -0.2) is 18.6 Å². The molecule has 1 aliphatic rings. The van der Waals surface area contributed by atoms with Crippen LogP contribution in [0.25, 0.3) is 0 Å². The average Bonchev–Trinajstić information content (AvgIpc) is 2.69. The maximum absolute atomic E-state index is 5.18. The highest BCUT2D eigenvalue weighted by Gasteiger charge is 2.13. The Morgan fingerprint density at radius 3 is 2.89 bits per heavy atom. The number of ether oxygens (including phenoxy) is 1. The van der Waals surface area contributed by atoms with Gasteiger partial charge in [-0.15, -0.1) is 11.3 Å². The van der Waals surface area contributed by atoms with Crippen LogP contribution >= 0.6 is 11.3 Å². The third-order valence-corrected chi connectivity index (χ3v) is 4.49. The Morgan fingerprint density at radius 2 is 2.11 bits per heavy atom. The summed E-state index contributed by atoms with van der Waals surface area (Å²) >= 11 is 1.85. The zero-order chi connectivity index (χ0) is 13.1. The summed E-state index contributed by atoms with van der Waals surface area (Å²) in [7, 11) is 1.69. The standard InChI is InChI=1S/C15H18N2OS/c1-18-12-7-5-11(6-8-12)10-14-17-15-13(19-14)4-2-3-9-16-15/h5-8,16H,2-4,9-10H2,1H3. The second-order valence-corrected chi connectivity index (χ2v) is 5.96. The number of aromatic nitrogens is 1. The number of benzene rings is 1. The minimum Gasteiger partial charge on any atom is -0.497 e. The van der Waals surface area contributed by atoms with Crippen molar-refractivity contribution in [3.8, 4) is 5.75 Å². The van der Waals surface area contributed by atoms with Gasteiger partial charge in [-0.1, -0.05) is 12.1 Å². The molecular weight excluding hydrogens is 256 g/mol. The molecule has 0 atom stereocenters. The van der Waals surface area contributed by atoms with E-state index in [-0.39, 0.29) is 0 Å². The molecule has 0 fully saturated rings. The van der Waals surface area contributed by atoms with Crippen LogP contribution in [0.2, 0.25) is 0 Å². The molecule has 3 rings (SSSR count). The largest absolute Gasteiger partial charge is 0.497 e. The van der Waals surface area contributed by atoms with E-state index in [0.29, 0.717) is 0 Å². The van der Waals surface area contributed by atoms with E-state index in [1.165, 1.54) is 34.7 Å². The fourth-order valence-corrected chi connectivity index (χ4v) is 3.44. The smallest absolute Gasteiger partial charge is 0.140 e. The van der Waals surface area contributed by atoms with Crippen molar-refractivity contribution in [3.63, 3.8) is 0 Å². The molecule has 2 heterocycles. The number of nitrogens with one attached hydrogen (secondary N) is 1. The van der Waals surface area contributed by atoms with Gasteiger partial charge in [-0.2, -0.15) is 0 Å². The van der Waals surface area contributed by atoms with Crippen LogP contribution in [-0.2, 0) is 12.8 Å². The molecule has 100 valence electrons. The summed E-state index contributed by atoms with van der Waals surface area (Å²) in [6.45, 7) is 1.05. The number of hydrogen-bond donors (Lipinski definition) is 1. The van der Waals surface area contributed by atoms with Gasteiger partial charge in [-0.25, -0.2) is 4.98 Å². The van der Waals surface area contributed by atoms with E-state index in [1.807, 2.05) is 23.5 Å². The van der Waals surface area contributed by atoms with Crippen LogP contribution in [0.15, 0.2) is 24.3 Å². The van der Waals surface area contributed by atoms with E-state index in [0.717, 1.165) is 24.5 Å². The monoisotopic (exact) mass is 274 g/mol. The van der Waals surface area contributed by atoms with Crippen LogP contribution in [0.1, 0.15) is 28.3 Å². The van der Waals surface area contributed by atoms with Gasteiger partial charge in [0.1, 0.15) is 11.6 Å². The maximum atomic E-state index is 5.18. The van der Waals surface area contributed by atoms with Gasteiger partial charge in [-0.05, 0) is 37.0 Å². The lowest BCUT2D eigenvalue weighted by Crippen LogP contribution is -1.99. The zero-order valence-corrected chi connectivity index (χ0v) is 11.9. The van der Waals surface area contributed by atoms with Gasteiger partial charge < -0.3 is 10.1 Å². The Labute approximate surface area is 117 Å². The molecule has 0 unspecified atom stereocenters. The molecule has 1 aromatic heterocycles. The normalized spacial score (nSPS) is 14.4. The van der Waals surface area contributed by atoms with Crippen molar-refractivity contribution in [2.75, 3.05) is 19.0 Å². The van der Waals surface area contributed by atoms with Crippen LogP contribution in [0, 0.1) is 0 Å². The Bertz CT molecular complexity index is 524. The van der Waals surface area contributed by atoms with Crippen molar-refractivity contribution in [1.82, 2.24) is 4.98 Å². The molecule has 0 amide bonds. The van der Waals surface area contributed by atoms with E-state index in [4.69, 9.17) is 9.72 Å². The highest BCUT2D eigenvalue weighted by Crippen LogP contribution is 2.28. The number of anilines is 1. The van der Waals surface area contributed by atoms with Crippen LogP contribution in [0.4, 0.5) is 5.82 Å². The van der Waals surface area contributed by atoms with E-state index in [9.17, 15) is 0 Å². The number of methoxy groups -OCH3 is 1. The van der Waals surface area contributed by atoms with Crippen molar-refractivity contribution >= 4 is 17.2 Å². The number of nitrogens with zero attached hydrogens (tertiary/aromatic N) is 1. The first kappa shape index (κ1) is 12.5. The summed E-state index contributed by atoms with van der Waals surface area (Å²) in [6.07, 6.45) is 4.59. The first-order valence-electron chi connectivity index (χ1n) is 6.70. The summed E-state index contributed by atoms with van der Waals surface area (Å²) in [5, 5.41) is 4.63. The molecule has 0 spiro atoms. The summed E-state index contributed by atoms with van der Waals surface area (Å²) < 4.78 is 5.18. The first-order chi connectivity index (χ1) is 9.35. The highest BCUT2D eigenvalue weighted by molar-refractivity contribution is 7.12. The molecular formula is C15H18N2OS. The van der Waals surface area contributed by atoms with Gasteiger partial charge in [0.05, 0.1) is 12.1 Å². The topological polar surface area (TPSA) is 34.1 Å². The van der Waals surface area contributed by atoms with Crippen molar-refractivity contribution in [1.29, 1.82) is 0 Å². The molecule has 1 aromatic carbocycles. The van der Waals surface area contributed by atoms with E-state index < -0.39 is 0 Å². The molecule has 0 bridgehead atoms. The molecule has 0 saturated carbocycles. The lowest BCUT2D eigenvalue weighted by Gasteiger charge is -2.01. The third kappa shape index (κ3) is 2.89. The van der Waals surface area contributed by atoms with Crippen molar-refractivity contribution in [2.45, 2.75) is 25.7 Å². The van der Waals surface area contributed by atoms with Crippen LogP contribution in [0.3, 0.4) is 0 Å². The van der Waals surface area contributed by atoms with Gasteiger partial charge >= 0.3 is 0 Å². The molecule has 19 heavy (non-hydrogen) atoms. The second kappa shape index (κ2) is 5.61. The number of fused-ring (bicyclic) bond motifs is 1. The van der Waals surface area contributed by atoms with E-state index in [1.54, 1.807) is 7.11 Å². The lowest BCUT2D eigenvalue weighted by molar-refractivity contribution is 0.414. The molecule has 1 aliphatic heterocycles. The van der Waals surface area contributed by atoms with Gasteiger partial charge in [0.25, 0.3) is 0 Å². The van der Waals surface area contributed by atoms with Crippen molar-refractivity contribution < 1.29 is 4.74 Å². The Hall–Kier alpha value is -1.55. The Kier molecular flexibility index (Phi) is 3.69. The SMILES string of the molecule is COc1ccc(Cc2nc3c(s2)CCCCN3)cc1. The van der Waals surface area contributed by atoms with Gasteiger partial charge in [0.15, 0.2) is 0 Å². The maximum Gasteiger partial charge on any atom is 0.140 e. The van der Waals surface area contributed by atoms with Crippen molar-refractivity contribution in [3.05, 3.63) is 39.7 Å². The summed E-state index contributed by atoms with van der Waals surface area (Å²) in [6, 6.07) is 8.23.